The number of rotatable bonds is 2. The van der Waals surface area contributed by atoms with Crippen molar-refractivity contribution in [3.63, 3.8) is 0 Å². The largest absolute Gasteiger partial charge is 0.388 e. The van der Waals surface area contributed by atoms with Gasteiger partial charge >= 0.3 is 0 Å². The molecule has 1 aliphatic rings. The van der Waals surface area contributed by atoms with E-state index in [0.717, 1.165) is 0 Å². The van der Waals surface area contributed by atoms with Gasteiger partial charge in [-0.25, -0.2) is 0 Å². The molecule has 1 saturated heterocycles. The van der Waals surface area contributed by atoms with Gasteiger partial charge in [0.15, 0.2) is 5.79 Å². The highest BCUT2D eigenvalue weighted by molar-refractivity contribution is 14.1. The molecule has 1 fully saturated rings. The lowest BCUT2D eigenvalue weighted by atomic mass is 9.95. The molecule has 0 bridgehead atoms. The summed E-state index contributed by atoms with van der Waals surface area (Å²) in [6, 6.07) is 0. The molecular formula is C7H13IO5. The van der Waals surface area contributed by atoms with Crippen LogP contribution in [0.1, 0.15) is 6.42 Å². The summed E-state index contributed by atoms with van der Waals surface area (Å²) in [5.74, 6) is -1.72. The molecule has 0 aromatic rings. The van der Waals surface area contributed by atoms with Gasteiger partial charge in [0.25, 0.3) is 0 Å². The quantitative estimate of drug-likeness (QED) is 0.373. The minimum absolute atomic E-state index is 0.161. The lowest BCUT2D eigenvalue weighted by Crippen LogP contribution is -2.60. The molecule has 5 nitrogen and oxygen atoms in total. The highest BCUT2D eigenvalue weighted by Gasteiger charge is 2.47. The van der Waals surface area contributed by atoms with E-state index in [9.17, 15) is 15.3 Å². The van der Waals surface area contributed by atoms with E-state index in [1.54, 1.807) is 0 Å². The van der Waals surface area contributed by atoms with Crippen molar-refractivity contribution in [2.24, 2.45) is 0 Å². The third-order valence-corrected chi connectivity index (χ3v) is 2.68. The summed E-state index contributed by atoms with van der Waals surface area (Å²) in [6.07, 6.45) is -3.71. The summed E-state index contributed by atoms with van der Waals surface area (Å²) < 4.78 is 5.48. The summed E-state index contributed by atoms with van der Waals surface area (Å²) in [7, 11) is 0. The lowest BCUT2D eigenvalue weighted by Gasteiger charge is -2.41. The monoisotopic (exact) mass is 304 g/mol. The topological polar surface area (TPSA) is 90.2 Å². The number of hydrogen-bond donors (Lipinski definition) is 4. The Bertz CT molecular complexity index is 178. The van der Waals surface area contributed by atoms with Crippen molar-refractivity contribution in [2.45, 2.75) is 30.5 Å². The number of aliphatic hydroxyl groups is 4. The molecule has 6 heteroatoms. The van der Waals surface area contributed by atoms with E-state index in [0.29, 0.717) is 4.43 Å². The van der Waals surface area contributed by atoms with Crippen molar-refractivity contribution >= 4 is 22.6 Å². The van der Waals surface area contributed by atoms with Crippen LogP contribution in [0.4, 0.5) is 0 Å². The van der Waals surface area contributed by atoms with E-state index in [4.69, 9.17) is 9.84 Å². The number of hydrogen-bond acceptors (Lipinski definition) is 5. The van der Waals surface area contributed by atoms with Gasteiger partial charge in [0, 0.05) is 10.8 Å². The van der Waals surface area contributed by atoms with Crippen LogP contribution in [0.25, 0.3) is 0 Å². The molecule has 13 heavy (non-hydrogen) atoms. The Hall–Kier alpha value is 0.530. The Balaban J connectivity index is 2.67. The highest BCUT2D eigenvalue weighted by atomic mass is 127. The standard InChI is InChI=1S/C7H13IO5/c8-2-1-7(12)6(11)5(10)4(9)3-13-7/h4-6,9-12H,1-3H2/t4-,5-,6+,7+/m1/s1. The molecule has 1 aliphatic heterocycles. The van der Waals surface area contributed by atoms with Crippen LogP contribution in [0.2, 0.25) is 0 Å². The molecule has 0 spiro atoms. The Labute approximate surface area is 89.5 Å². The third kappa shape index (κ3) is 2.31. The molecule has 4 atom stereocenters. The summed E-state index contributed by atoms with van der Waals surface area (Å²) >= 11 is 2.03. The molecular weight excluding hydrogens is 291 g/mol. The maximum atomic E-state index is 9.68. The maximum Gasteiger partial charge on any atom is 0.195 e. The smallest absolute Gasteiger partial charge is 0.195 e. The van der Waals surface area contributed by atoms with Crippen LogP contribution in [0.3, 0.4) is 0 Å². The van der Waals surface area contributed by atoms with Crippen LogP contribution in [0, 0.1) is 0 Å². The van der Waals surface area contributed by atoms with E-state index >= 15 is 0 Å². The molecule has 78 valence electrons. The first-order chi connectivity index (χ1) is 6.01. The average molecular weight is 304 g/mol. The second kappa shape index (κ2) is 4.37. The molecule has 0 amide bonds. The van der Waals surface area contributed by atoms with Gasteiger partial charge < -0.3 is 25.2 Å². The second-order valence-electron chi connectivity index (χ2n) is 3.10. The highest BCUT2D eigenvalue weighted by Crippen LogP contribution is 2.27. The number of halogens is 1. The summed E-state index contributed by atoms with van der Waals surface area (Å²) in [6.45, 7) is -0.161. The van der Waals surface area contributed by atoms with Crippen LogP contribution < -0.4 is 0 Å². The first kappa shape index (κ1) is 11.6. The van der Waals surface area contributed by atoms with Crippen LogP contribution in [-0.2, 0) is 4.74 Å². The number of alkyl halides is 1. The Morgan fingerprint density at radius 3 is 2.54 bits per heavy atom. The van der Waals surface area contributed by atoms with Crippen molar-refractivity contribution in [3.05, 3.63) is 0 Å². The van der Waals surface area contributed by atoms with Crippen molar-refractivity contribution < 1.29 is 25.2 Å². The SMILES string of the molecule is O[C@@H]1[C@H](O)CO[C@@](O)(CCI)[C@H]1O. The fraction of sp³-hybridized carbons (Fsp3) is 1.00. The molecule has 1 rings (SSSR count). The summed E-state index contributed by atoms with van der Waals surface area (Å²) in [4.78, 5) is 0. The molecule has 1 heterocycles. The van der Waals surface area contributed by atoms with E-state index in [2.05, 4.69) is 0 Å². The molecule has 4 N–H and O–H groups in total. The zero-order chi connectivity index (χ0) is 10.1. The van der Waals surface area contributed by atoms with E-state index in [-0.39, 0.29) is 13.0 Å². The van der Waals surface area contributed by atoms with Crippen molar-refractivity contribution in [3.8, 4) is 0 Å². The van der Waals surface area contributed by atoms with Gasteiger partial charge in [-0.3, -0.25) is 0 Å². The fourth-order valence-electron chi connectivity index (χ4n) is 1.25. The minimum Gasteiger partial charge on any atom is -0.388 e. The first-order valence-electron chi connectivity index (χ1n) is 3.98. The van der Waals surface area contributed by atoms with Gasteiger partial charge in [-0.2, -0.15) is 0 Å². The van der Waals surface area contributed by atoms with E-state index in [1.807, 2.05) is 22.6 Å². The van der Waals surface area contributed by atoms with E-state index in [1.165, 1.54) is 0 Å². The van der Waals surface area contributed by atoms with Crippen molar-refractivity contribution in [2.75, 3.05) is 11.0 Å². The molecule has 0 aromatic heterocycles. The Kier molecular flexibility index (Phi) is 3.90. The second-order valence-corrected chi connectivity index (χ2v) is 4.18. The predicted octanol–water partition coefficient (Wildman–Crippen LogP) is -1.39. The van der Waals surface area contributed by atoms with Gasteiger partial charge in [-0.15, -0.1) is 0 Å². The predicted molar refractivity (Wildman–Crippen MR) is 52.4 cm³/mol. The van der Waals surface area contributed by atoms with Crippen molar-refractivity contribution in [1.29, 1.82) is 0 Å². The Morgan fingerprint density at radius 1 is 1.38 bits per heavy atom. The zero-order valence-corrected chi connectivity index (χ0v) is 9.09. The summed E-state index contributed by atoms with van der Waals surface area (Å²) in [5, 5.41) is 37.5. The van der Waals surface area contributed by atoms with Crippen LogP contribution in [-0.4, -0.2) is 55.6 Å². The van der Waals surface area contributed by atoms with Gasteiger partial charge in [-0.05, 0) is 0 Å². The Morgan fingerprint density at radius 2 is 2.00 bits per heavy atom. The maximum absolute atomic E-state index is 9.68. The lowest BCUT2D eigenvalue weighted by molar-refractivity contribution is -0.321. The van der Waals surface area contributed by atoms with E-state index < -0.39 is 24.1 Å². The van der Waals surface area contributed by atoms with Crippen molar-refractivity contribution in [1.82, 2.24) is 0 Å². The molecule has 0 radical (unpaired) electrons. The third-order valence-electron chi connectivity index (χ3n) is 2.14. The average Bonchev–Trinajstić information content (AvgIpc) is 2.10. The first-order valence-corrected chi connectivity index (χ1v) is 5.50. The number of ether oxygens (including phenoxy) is 1. The normalized spacial score (nSPS) is 46.4. The molecule has 0 aromatic carbocycles. The minimum atomic E-state index is -1.72. The van der Waals surface area contributed by atoms with Crippen LogP contribution in [0.5, 0.6) is 0 Å². The van der Waals surface area contributed by atoms with Crippen LogP contribution in [0.15, 0.2) is 0 Å². The molecule has 0 saturated carbocycles. The zero-order valence-electron chi connectivity index (χ0n) is 6.93. The fourth-order valence-corrected chi connectivity index (χ4v) is 2.02. The molecule has 0 aliphatic carbocycles. The molecule has 0 unspecified atom stereocenters. The number of aliphatic hydroxyl groups excluding tert-OH is 3. The summed E-state index contributed by atoms with van der Waals surface area (Å²) in [5.41, 5.74) is 0. The van der Waals surface area contributed by atoms with Gasteiger partial charge in [0.2, 0.25) is 0 Å². The van der Waals surface area contributed by atoms with Gasteiger partial charge in [0.05, 0.1) is 6.61 Å². The van der Waals surface area contributed by atoms with Crippen LogP contribution >= 0.6 is 22.6 Å². The van der Waals surface area contributed by atoms with Gasteiger partial charge in [-0.1, -0.05) is 22.6 Å². The van der Waals surface area contributed by atoms with Gasteiger partial charge in [0.1, 0.15) is 18.3 Å².